The lowest BCUT2D eigenvalue weighted by Crippen LogP contribution is -2.32. The van der Waals surface area contributed by atoms with Crippen molar-refractivity contribution in [3.63, 3.8) is 0 Å². The van der Waals surface area contributed by atoms with E-state index in [1.54, 1.807) is 0 Å². The fourth-order valence-corrected chi connectivity index (χ4v) is 14.1. The Kier molecular flexibility index (Phi) is 7.96. The van der Waals surface area contributed by atoms with E-state index in [1.807, 2.05) is 22.7 Å². The van der Waals surface area contributed by atoms with E-state index in [1.165, 1.54) is 118 Å². The normalized spacial score (nSPS) is 18.2. The molecular formula is C61H41NS2. The zero-order valence-corrected chi connectivity index (χ0v) is 36.7. The third kappa shape index (κ3) is 5.11. The second kappa shape index (κ2) is 14.0. The number of rotatable bonds is 5. The highest BCUT2D eigenvalue weighted by Gasteiger charge is 2.49. The Morgan fingerprint density at radius 3 is 1.67 bits per heavy atom. The van der Waals surface area contributed by atoms with Crippen molar-refractivity contribution in [2.75, 3.05) is 0 Å². The first-order valence-electron chi connectivity index (χ1n) is 22.6. The lowest BCUT2D eigenvalue weighted by molar-refractivity contribution is 0.580. The van der Waals surface area contributed by atoms with Gasteiger partial charge in [0, 0.05) is 62.2 Å². The maximum atomic E-state index is 2.75. The molecule has 2 atom stereocenters. The highest BCUT2D eigenvalue weighted by molar-refractivity contribution is 7.26. The van der Waals surface area contributed by atoms with Crippen molar-refractivity contribution in [3.8, 4) is 22.3 Å². The number of fused-ring (bicyclic) bond motifs is 11. The summed E-state index contributed by atoms with van der Waals surface area (Å²) in [4.78, 5) is 0. The average molecular weight is 852 g/mol. The first kappa shape index (κ1) is 36.4. The van der Waals surface area contributed by atoms with Crippen LogP contribution in [-0.2, 0) is 5.41 Å². The van der Waals surface area contributed by atoms with Crippen molar-refractivity contribution in [3.05, 3.63) is 234 Å². The molecule has 0 amide bonds. The third-order valence-electron chi connectivity index (χ3n) is 14.5. The molecule has 3 heterocycles. The minimum Gasteiger partial charge on any atom is -0.332 e. The van der Waals surface area contributed by atoms with Crippen LogP contribution in [0.5, 0.6) is 0 Å². The molecule has 64 heavy (non-hydrogen) atoms. The molecule has 0 saturated heterocycles. The van der Waals surface area contributed by atoms with Crippen LogP contribution < -0.4 is 0 Å². The summed E-state index contributed by atoms with van der Waals surface area (Å²) in [5.74, 6) is 0. The van der Waals surface area contributed by atoms with Crippen molar-refractivity contribution < 1.29 is 0 Å². The molecular weight excluding hydrogens is 811 g/mol. The first-order chi connectivity index (χ1) is 31.7. The van der Waals surface area contributed by atoms with Crippen molar-refractivity contribution >= 4 is 90.4 Å². The van der Waals surface area contributed by atoms with Crippen LogP contribution in [0, 0.1) is 0 Å². The van der Waals surface area contributed by atoms with Gasteiger partial charge in [0.15, 0.2) is 0 Å². The van der Waals surface area contributed by atoms with Crippen molar-refractivity contribution in [1.82, 2.24) is 4.57 Å². The van der Waals surface area contributed by atoms with Gasteiger partial charge in [0.2, 0.25) is 0 Å². The topological polar surface area (TPSA) is 4.93 Å². The van der Waals surface area contributed by atoms with E-state index in [4.69, 9.17) is 0 Å². The number of aromatic nitrogens is 1. The molecule has 0 spiro atoms. The lowest BCUT2D eigenvalue weighted by atomic mass is 9.64. The lowest BCUT2D eigenvalue weighted by Gasteiger charge is -2.39. The highest BCUT2D eigenvalue weighted by Crippen LogP contribution is 2.60. The SMILES string of the molecule is C1=CC(C2(c3ccccc3)C3=C(C=CC(n4c5c(-c6ccc7c(c6)sc6ccccc67)cccc5c5cccc(-c6ccc7c(c6)sc6ccccc67)c54)C3)c3ccccc32)=CCC1. The molecule has 0 bridgehead atoms. The summed E-state index contributed by atoms with van der Waals surface area (Å²) in [6.45, 7) is 0. The smallest absolute Gasteiger partial charge is 0.0674 e. The molecule has 3 aromatic heterocycles. The molecule has 302 valence electrons. The number of benzene rings is 8. The van der Waals surface area contributed by atoms with E-state index in [9.17, 15) is 0 Å². The van der Waals surface area contributed by atoms with Gasteiger partial charge in [-0.3, -0.25) is 0 Å². The number of para-hydroxylation sites is 2. The Bertz CT molecular complexity index is 3710. The molecule has 8 aromatic carbocycles. The third-order valence-corrected chi connectivity index (χ3v) is 16.8. The van der Waals surface area contributed by atoms with Crippen LogP contribution in [0.4, 0.5) is 0 Å². The Balaban J connectivity index is 1.04. The maximum absolute atomic E-state index is 2.75. The van der Waals surface area contributed by atoms with Gasteiger partial charge < -0.3 is 4.57 Å². The summed E-state index contributed by atoms with van der Waals surface area (Å²) in [5.41, 5.74) is 15.6. The molecule has 14 rings (SSSR count). The second-order valence-corrected chi connectivity index (χ2v) is 19.9. The van der Waals surface area contributed by atoms with Gasteiger partial charge in [0.05, 0.1) is 22.5 Å². The number of nitrogens with zero attached hydrogens (tertiary/aromatic N) is 1. The van der Waals surface area contributed by atoms with Crippen LogP contribution in [0.15, 0.2) is 217 Å². The summed E-state index contributed by atoms with van der Waals surface area (Å²) in [6, 6.07) is 66.6. The molecule has 0 fully saturated rings. The van der Waals surface area contributed by atoms with Crippen molar-refractivity contribution in [1.29, 1.82) is 0 Å². The van der Waals surface area contributed by atoms with Gasteiger partial charge in [-0.15, -0.1) is 22.7 Å². The first-order valence-corrected chi connectivity index (χ1v) is 24.2. The zero-order chi connectivity index (χ0) is 41.9. The molecule has 0 radical (unpaired) electrons. The minimum absolute atomic E-state index is 0.0488. The quantitative estimate of drug-likeness (QED) is 0.163. The van der Waals surface area contributed by atoms with Gasteiger partial charge in [-0.05, 0) is 88.1 Å². The molecule has 3 heteroatoms. The number of allylic oxidation sites excluding steroid dienone is 8. The van der Waals surface area contributed by atoms with Crippen LogP contribution in [0.3, 0.4) is 0 Å². The van der Waals surface area contributed by atoms with Crippen molar-refractivity contribution in [2.24, 2.45) is 0 Å². The van der Waals surface area contributed by atoms with Crippen LogP contribution >= 0.6 is 22.7 Å². The van der Waals surface area contributed by atoms with E-state index >= 15 is 0 Å². The fraction of sp³-hybridized carbons (Fsp3) is 0.0820. The molecule has 1 nitrogen and oxygen atoms in total. The summed E-state index contributed by atoms with van der Waals surface area (Å²) >= 11 is 3.79. The van der Waals surface area contributed by atoms with E-state index in [2.05, 4.69) is 211 Å². The fourth-order valence-electron chi connectivity index (χ4n) is 11.8. The standard InChI is InChI=1S/C61H41NS2/c1-3-15-40(16-4-1)61(41-17-5-2-6-18-41)53-26-10-7-19-45(53)46-34-31-42(37-54(46)61)62-59-43(38-29-32-49-47-20-8-11-27-55(47)63-57(49)35-38)22-13-24-51(59)52-25-14-23-44(60(52)62)39-30-33-50-48-21-9-12-28-56(48)64-58(50)36-39/h1,3-5,7-36,42H,2,6,37H2. The summed E-state index contributed by atoms with van der Waals surface area (Å²) in [5, 5.41) is 7.91. The molecule has 0 saturated carbocycles. The van der Waals surface area contributed by atoms with E-state index < -0.39 is 5.41 Å². The monoisotopic (exact) mass is 851 g/mol. The van der Waals surface area contributed by atoms with Gasteiger partial charge in [0.25, 0.3) is 0 Å². The molecule has 2 unspecified atom stereocenters. The van der Waals surface area contributed by atoms with Crippen LogP contribution in [0.1, 0.15) is 42.0 Å². The molecule has 0 N–H and O–H groups in total. The predicted octanol–water partition coefficient (Wildman–Crippen LogP) is 17.4. The predicted molar refractivity (Wildman–Crippen MR) is 276 cm³/mol. The molecule has 3 aliphatic carbocycles. The van der Waals surface area contributed by atoms with Gasteiger partial charge in [-0.25, -0.2) is 0 Å². The highest BCUT2D eigenvalue weighted by atomic mass is 32.1. The van der Waals surface area contributed by atoms with E-state index in [0.717, 1.165) is 19.3 Å². The second-order valence-electron chi connectivity index (χ2n) is 17.7. The molecule has 11 aromatic rings. The molecule has 3 aliphatic rings. The van der Waals surface area contributed by atoms with Crippen LogP contribution in [0.2, 0.25) is 0 Å². The van der Waals surface area contributed by atoms with Gasteiger partial charge in [-0.2, -0.15) is 0 Å². The Morgan fingerprint density at radius 1 is 0.469 bits per heavy atom. The Morgan fingerprint density at radius 2 is 1.03 bits per heavy atom. The number of thiophene rings is 2. The van der Waals surface area contributed by atoms with Crippen molar-refractivity contribution in [2.45, 2.75) is 30.7 Å². The van der Waals surface area contributed by atoms with Crippen LogP contribution in [-0.4, -0.2) is 4.57 Å². The van der Waals surface area contributed by atoms with E-state index in [-0.39, 0.29) is 6.04 Å². The number of hydrogen-bond acceptors (Lipinski definition) is 2. The number of hydrogen-bond donors (Lipinski definition) is 0. The van der Waals surface area contributed by atoms with Gasteiger partial charge in [-0.1, -0.05) is 182 Å². The maximum Gasteiger partial charge on any atom is 0.0674 e. The summed E-state index contributed by atoms with van der Waals surface area (Å²) in [6.07, 6.45) is 15.4. The minimum atomic E-state index is -0.393. The summed E-state index contributed by atoms with van der Waals surface area (Å²) in [7, 11) is 0. The summed E-state index contributed by atoms with van der Waals surface area (Å²) < 4.78 is 8.08. The zero-order valence-electron chi connectivity index (χ0n) is 35.1. The largest absolute Gasteiger partial charge is 0.332 e. The van der Waals surface area contributed by atoms with Crippen LogP contribution in [0.25, 0.3) is 90.0 Å². The average Bonchev–Trinajstić information content (AvgIpc) is 4.11. The van der Waals surface area contributed by atoms with E-state index in [0.29, 0.717) is 0 Å². The Hall–Kier alpha value is -7.04. The van der Waals surface area contributed by atoms with Gasteiger partial charge in [0.1, 0.15) is 0 Å². The van der Waals surface area contributed by atoms with Gasteiger partial charge >= 0.3 is 0 Å². The molecule has 0 aliphatic heterocycles. The Labute approximate surface area is 379 Å².